The molecule has 1 unspecified atom stereocenters. The van der Waals surface area contributed by atoms with E-state index in [4.69, 9.17) is 0 Å². The molecule has 21 heavy (non-hydrogen) atoms. The quantitative estimate of drug-likeness (QED) is 0.894. The van der Waals surface area contributed by atoms with E-state index in [2.05, 4.69) is 26.2 Å². The summed E-state index contributed by atoms with van der Waals surface area (Å²) in [5.74, 6) is 0.673. The maximum Gasteiger partial charge on any atom is 0.417 e. The zero-order chi connectivity index (χ0) is 15.6. The molecule has 0 amide bonds. The van der Waals surface area contributed by atoms with Crippen molar-refractivity contribution in [2.45, 2.75) is 19.1 Å². The fourth-order valence-corrected chi connectivity index (χ4v) is 2.63. The predicted molar refractivity (Wildman–Crippen MR) is 77.9 cm³/mol. The smallest absolute Gasteiger partial charge is 0.336 e. The Morgan fingerprint density at radius 3 is 2.62 bits per heavy atom. The standard InChI is InChI=1S/C14H15BrF3N3/c1-3-19-12(13-20-6-7-21(13)2)9-4-5-11(15)10(8-9)14(16,17)18/h4-8,12,19H,3H2,1-2H3. The highest BCUT2D eigenvalue weighted by Gasteiger charge is 2.34. The van der Waals surface area contributed by atoms with Crippen LogP contribution in [-0.4, -0.2) is 16.1 Å². The second-order valence-electron chi connectivity index (χ2n) is 4.62. The van der Waals surface area contributed by atoms with Crippen molar-refractivity contribution in [2.75, 3.05) is 6.54 Å². The number of halogens is 4. The molecule has 0 saturated carbocycles. The third-order valence-corrected chi connectivity index (χ3v) is 3.85. The molecule has 2 rings (SSSR count). The van der Waals surface area contributed by atoms with Crippen molar-refractivity contribution in [1.82, 2.24) is 14.9 Å². The number of imidazole rings is 1. The van der Waals surface area contributed by atoms with Gasteiger partial charge in [0.15, 0.2) is 0 Å². The summed E-state index contributed by atoms with van der Waals surface area (Å²) in [7, 11) is 1.82. The molecule has 0 spiro atoms. The summed E-state index contributed by atoms with van der Waals surface area (Å²) in [4.78, 5) is 4.23. The van der Waals surface area contributed by atoms with E-state index in [1.54, 1.807) is 23.0 Å². The Bertz CT molecular complexity index is 622. The van der Waals surface area contributed by atoms with E-state index in [1.165, 1.54) is 6.07 Å². The normalized spacial score (nSPS) is 13.4. The minimum Gasteiger partial charge on any atom is -0.336 e. The van der Waals surface area contributed by atoms with Gasteiger partial charge in [-0.1, -0.05) is 28.9 Å². The van der Waals surface area contributed by atoms with Crippen molar-refractivity contribution in [3.8, 4) is 0 Å². The van der Waals surface area contributed by atoms with Crippen molar-refractivity contribution >= 4 is 15.9 Å². The van der Waals surface area contributed by atoms with Crippen LogP contribution in [0.25, 0.3) is 0 Å². The van der Waals surface area contributed by atoms with Crippen molar-refractivity contribution in [2.24, 2.45) is 7.05 Å². The Hall–Kier alpha value is -1.34. The first-order valence-electron chi connectivity index (χ1n) is 6.41. The number of nitrogens with zero attached hydrogens (tertiary/aromatic N) is 2. The number of aryl methyl sites for hydroxylation is 1. The summed E-state index contributed by atoms with van der Waals surface area (Å²) in [5, 5.41) is 3.17. The first-order chi connectivity index (χ1) is 9.84. The number of alkyl halides is 3. The lowest BCUT2D eigenvalue weighted by atomic mass is 10.0. The van der Waals surface area contributed by atoms with Crippen molar-refractivity contribution < 1.29 is 13.2 Å². The largest absolute Gasteiger partial charge is 0.417 e. The highest BCUT2D eigenvalue weighted by atomic mass is 79.9. The van der Waals surface area contributed by atoms with Crippen molar-refractivity contribution in [1.29, 1.82) is 0 Å². The Kier molecular flexibility index (Phi) is 4.73. The SMILES string of the molecule is CCNC(c1ccc(Br)c(C(F)(F)F)c1)c1nccn1C. The molecule has 1 atom stereocenters. The monoisotopic (exact) mass is 361 g/mol. The number of hydrogen-bond acceptors (Lipinski definition) is 2. The lowest BCUT2D eigenvalue weighted by molar-refractivity contribution is -0.138. The van der Waals surface area contributed by atoms with Crippen LogP contribution < -0.4 is 5.32 Å². The maximum absolute atomic E-state index is 13.0. The highest BCUT2D eigenvalue weighted by Crippen LogP contribution is 2.36. The molecule has 0 fully saturated rings. The van der Waals surface area contributed by atoms with Gasteiger partial charge in [0.2, 0.25) is 0 Å². The van der Waals surface area contributed by atoms with Crippen LogP contribution in [0.1, 0.15) is 29.9 Å². The fraction of sp³-hybridized carbons (Fsp3) is 0.357. The van der Waals surface area contributed by atoms with Gasteiger partial charge in [-0.3, -0.25) is 0 Å². The number of hydrogen-bond donors (Lipinski definition) is 1. The third kappa shape index (κ3) is 3.47. The molecule has 0 radical (unpaired) electrons. The van der Waals surface area contributed by atoms with Gasteiger partial charge >= 0.3 is 6.18 Å². The van der Waals surface area contributed by atoms with E-state index in [9.17, 15) is 13.2 Å². The van der Waals surface area contributed by atoms with E-state index in [1.807, 2.05) is 14.0 Å². The predicted octanol–water partition coefficient (Wildman–Crippen LogP) is 3.90. The molecule has 1 heterocycles. The number of nitrogens with one attached hydrogen (secondary N) is 1. The Morgan fingerprint density at radius 1 is 1.38 bits per heavy atom. The molecule has 0 aliphatic carbocycles. The minimum absolute atomic E-state index is 0.0360. The second-order valence-corrected chi connectivity index (χ2v) is 5.48. The molecule has 114 valence electrons. The first kappa shape index (κ1) is 16.0. The molecule has 1 aromatic carbocycles. The van der Waals surface area contributed by atoms with Gasteiger partial charge in [0.05, 0.1) is 11.6 Å². The topological polar surface area (TPSA) is 29.9 Å². The number of benzene rings is 1. The minimum atomic E-state index is -4.40. The molecular formula is C14H15BrF3N3. The third-order valence-electron chi connectivity index (χ3n) is 3.15. The van der Waals surface area contributed by atoms with Crippen molar-refractivity contribution in [3.05, 3.63) is 52.0 Å². The van der Waals surface area contributed by atoms with Gasteiger partial charge in [-0.2, -0.15) is 13.2 Å². The van der Waals surface area contributed by atoms with E-state index < -0.39 is 11.7 Å². The van der Waals surface area contributed by atoms with Crippen LogP contribution in [0.3, 0.4) is 0 Å². The van der Waals surface area contributed by atoms with Gasteiger partial charge in [0.25, 0.3) is 0 Å². The molecule has 0 aliphatic heterocycles. The average molecular weight is 362 g/mol. The Labute approximate surface area is 129 Å². The van der Waals surface area contributed by atoms with E-state index in [-0.39, 0.29) is 10.5 Å². The van der Waals surface area contributed by atoms with E-state index >= 15 is 0 Å². The molecule has 0 saturated heterocycles. The van der Waals surface area contributed by atoms with E-state index in [0.29, 0.717) is 17.9 Å². The zero-order valence-electron chi connectivity index (χ0n) is 11.6. The lowest BCUT2D eigenvalue weighted by Gasteiger charge is -2.20. The number of aromatic nitrogens is 2. The van der Waals surface area contributed by atoms with Gasteiger partial charge in [-0.05, 0) is 24.2 Å². The van der Waals surface area contributed by atoms with Crippen LogP contribution in [0.15, 0.2) is 35.1 Å². The van der Waals surface area contributed by atoms with Crippen molar-refractivity contribution in [3.63, 3.8) is 0 Å². The molecule has 0 bridgehead atoms. The first-order valence-corrected chi connectivity index (χ1v) is 7.21. The zero-order valence-corrected chi connectivity index (χ0v) is 13.2. The molecule has 1 N–H and O–H groups in total. The summed E-state index contributed by atoms with van der Waals surface area (Å²) < 4.78 is 40.9. The van der Waals surface area contributed by atoms with Gasteiger partial charge in [-0.25, -0.2) is 4.98 Å². The van der Waals surface area contributed by atoms with Crippen LogP contribution in [0.2, 0.25) is 0 Å². The lowest BCUT2D eigenvalue weighted by Crippen LogP contribution is -2.25. The molecule has 2 aromatic rings. The van der Waals surface area contributed by atoms with Crippen LogP contribution in [0.5, 0.6) is 0 Å². The van der Waals surface area contributed by atoms with Gasteiger partial charge in [0, 0.05) is 23.9 Å². The summed E-state index contributed by atoms with van der Waals surface area (Å²) in [6, 6.07) is 3.86. The second kappa shape index (κ2) is 6.19. The molecular weight excluding hydrogens is 347 g/mol. The summed E-state index contributed by atoms with van der Waals surface area (Å²) >= 11 is 2.96. The van der Waals surface area contributed by atoms with Crippen LogP contribution in [0.4, 0.5) is 13.2 Å². The molecule has 3 nitrogen and oxygen atoms in total. The van der Waals surface area contributed by atoms with Crippen LogP contribution in [-0.2, 0) is 13.2 Å². The fourth-order valence-electron chi connectivity index (χ4n) is 2.16. The van der Waals surface area contributed by atoms with E-state index in [0.717, 1.165) is 6.07 Å². The Morgan fingerprint density at radius 2 is 2.10 bits per heavy atom. The molecule has 7 heteroatoms. The Balaban J connectivity index is 2.49. The average Bonchev–Trinajstić information content (AvgIpc) is 2.82. The maximum atomic E-state index is 13.0. The summed E-state index contributed by atoms with van der Waals surface area (Å²) in [5.41, 5.74) is -0.154. The van der Waals surface area contributed by atoms with Gasteiger partial charge in [-0.15, -0.1) is 0 Å². The van der Waals surface area contributed by atoms with Crippen LogP contribution in [0, 0.1) is 0 Å². The molecule has 0 aliphatic rings. The van der Waals surface area contributed by atoms with Crippen LogP contribution >= 0.6 is 15.9 Å². The summed E-state index contributed by atoms with van der Waals surface area (Å²) in [6.07, 6.45) is -1.00. The van der Waals surface area contributed by atoms with Gasteiger partial charge in [0.1, 0.15) is 5.82 Å². The highest BCUT2D eigenvalue weighted by molar-refractivity contribution is 9.10. The summed E-state index contributed by atoms with van der Waals surface area (Å²) in [6.45, 7) is 2.52. The van der Waals surface area contributed by atoms with Gasteiger partial charge < -0.3 is 9.88 Å². The number of rotatable bonds is 4. The molecule has 1 aromatic heterocycles.